The van der Waals surface area contributed by atoms with Crippen molar-refractivity contribution in [3.8, 4) is 0 Å². The summed E-state index contributed by atoms with van der Waals surface area (Å²) in [5, 5.41) is 3.13. The highest BCUT2D eigenvalue weighted by atomic mass is 16.2. The van der Waals surface area contributed by atoms with Crippen molar-refractivity contribution in [2.45, 2.75) is 12.5 Å². The summed E-state index contributed by atoms with van der Waals surface area (Å²) in [6.45, 7) is 0.832. The Bertz CT molecular complexity index is 848. The number of hydrogen-bond donors (Lipinski definition) is 2. The van der Waals surface area contributed by atoms with Crippen LogP contribution in [0.5, 0.6) is 0 Å². The molecule has 7 heteroatoms. The Morgan fingerprint density at radius 1 is 1.24 bits per heavy atom. The lowest BCUT2D eigenvalue weighted by Crippen LogP contribution is -2.43. The summed E-state index contributed by atoms with van der Waals surface area (Å²) in [6, 6.07) is 9.19. The molecule has 0 spiro atoms. The predicted octanol–water partition coefficient (Wildman–Crippen LogP) is 1.79. The van der Waals surface area contributed by atoms with Crippen LogP contribution in [0.15, 0.2) is 55.2 Å². The number of aromatic amines is 1. The fourth-order valence-corrected chi connectivity index (χ4v) is 3.13. The SMILES string of the molecule is O=C(CNc1cccnc1)N1CCc2[nH]cnc2C1c1ccccn1. The van der Waals surface area contributed by atoms with Gasteiger partial charge in [0, 0.05) is 37.3 Å². The van der Waals surface area contributed by atoms with Crippen LogP contribution in [0.25, 0.3) is 0 Å². The molecule has 0 aliphatic carbocycles. The van der Waals surface area contributed by atoms with Crippen LogP contribution in [0.1, 0.15) is 23.1 Å². The van der Waals surface area contributed by atoms with Crippen molar-refractivity contribution in [1.82, 2.24) is 24.8 Å². The van der Waals surface area contributed by atoms with Crippen LogP contribution >= 0.6 is 0 Å². The second-order valence-corrected chi connectivity index (χ2v) is 5.86. The molecule has 0 radical (unpaired) electrons. The smallest absolute Gasteiger partial charge is 0.242 e. The maximum Gasteiger partial charge on any atom is 0.242 e. The molecule has 25 heavy (non-hydrogen) atoms. The van der Waals surface area contributed by atoms with Crippen LogP contribution in [-0.4, -0.2) is 43.8 Å². The van der Waals surface area contributed by atoms with Gasteiger partial charge in [0.25, 0.3) is 0 Å². The summed E-state index contributed by atoms with van der Waals surface area (Å²) in [5.41, 5.74) is 3.59. The van der Waals surface area contributed by atoms with E-state index < -0.39 is 0 Å². The third kappa shape index (κ3) is 3.08. The molecule has 4 heterocycles. The number of nitrogens with one attached hydrogen (secondary N) is 2. The molecule has 0 fully saturated rings. The van der Waals surface area contributed by atoms with Gasteiger partial charge in [-0.25, -0.2) is 4.98 Å². The molecule has 1 unspecified atom stereocenters. The lowest BCUT2D eigenvalue weighted by Gasteiger charge is -2.34. The molecule has 1 aliphatic heterocycles. The first-order valence-electron chi connectivity index (χ1n) is 8.19. The molecule has 2 N–H and O–H groups in total. The third-order valence-electron chi connectivity index (χ3n) is 4.32. The van der Waals surface area contributed by atoms with Crippen LogP contribution in [-0.2, 0) is 11.2 Å². The fraction of sp³-hybridized carbons (Fsp3) is 0.222. The van der Waals surface area contributed by atoms with Gasteiger partial charge in [0.15, 0.2) is 0 Å². The van der Waals surface area contributed by atoms with E-state index in [-0.39, 0.29) is 18.5 Å². The molecule has 1 amide bonds. The largest absolute Gasteiger partial charge is 0.375 e. The Hall–Kier alpha value is -3.22. The van der Waals surface area contributed by atoms with Crippen LogP contribution in [0.4, 0.5) is 5.69 Å². The fourth-order valence-electron chi connectivity index (χ4n) is 3.13. The van der Waals surface area contributed by atoms with Gasteiger partial charge in [-0.1, -0.05) is 6.07 Å². The van der Waals surface area contributed by atoms with Gasteiger partial charge >= 0.3 is 0 Å². The van der Waals surface area contributed by atoms with Gasteiger partial charge in [0.2, 0.25) is 5.91 Å². The molecule has 1 atom stereocenters. The maximum atomic E-state index is 12.9. The average Bonchev–Trinajstić information content (AvgIpc) is 3.15. The summed E-state index contributed by atoms with van der Waals surface area (Å²) in [5.74, 6) is 0.00755. The quantitative estimate of drug-likeness (QED) is 0.759. The maximum absolute atomic E-state index is 12.9. The molecule has 3 aromatic heterocycles. The number of imidazole rings is 1. The molecule has 4 rings (SSSR count). The lowest BCUT2D eigenvalue weighted by atomic mass is 9.99. The topological polar surface area (TPSA) is 86.8 Å². The molecule has 0 bridgehead atoms. The molecular weight excluding hydrogens is 316 g/mol. The van der Waals surface area contributed by atoms with E-state index in [4.69, 9.17) is 0 Å². The Morgan fingerprint density at radius 3 is 3.00 bits per heavy atom. The highest BCUT2D eigenvalue weighted by Gasteiger charge is 2.34. The summed E-state index contributed by atoms with van der Waals surface area (Å²) in [4.78, 5) is 30.8. The summed E-state index contributed by atoms with van der Waals surface area (Å²) in [7, 11) is 0. The number of anilines is 1. The van der Waals surface area contributed by atoms with Crippen molar-refractivity contribution >= 4 is 11.6 Å². The zero-order chi connectivity index (χ0) is 17.1. The standard InChI is InChI=1S/C18H18N6O/c25-16(11-21-13-4-3-7-19-10-13)24-9-6-14-17(23-12-22-14)18(24)15-5-1-2-8-20-15/h1-5,7-8,10,12,18,21H,6,9,11H2,(H,22,23). The zero-order valence-corrected chi connectivity index (χ0v) is 13.6. The van der Waals surface area contributed by atoms with Crippen LogP contribution < -0.4 is 5.32 Å². The van der Waals surface area contributed by atoms with Crippen molar-refractivity contribution < 1.29 is 4.79 Å². The Kier molecular flexibility index (Phi) is 4.12. The first-order chi connectivity index (χ1) is 12.3. The molecule has 3 aromatic rings. The number of H-pyrrole nitrogens is 1. The van der Waals surface area contributed by atoms with E-state index in [0.29, 0.717) is 6.54 Å². The van der Waals surface area contributed by atoms with E-state index >= 15 is 0 Å². The summed E-state index contributed by atoms with van der Waals surface area (Å²) < 4.78 is 0. The third-order valence-corrected chi connectivity index (χ3v) is 4.32. The molecule has 126 valence electrons. The number of aromatic nitrogens is 4. The van der Waals surface area contributed by atoms with Crippen LogP contribution in [0, 0.1) is 0 Å². The van der Waals surface area contributed by atoms with Crippen molar-refractivity contribution in [2.24, 2.45) is 0 Å². The van der Waals surface area contributed by atoms with E-state index in [2.05, 4.69) is 25.3 Å². The highest BCUT2D eigenvalue weighted by Crippen LogP contribution is 2.32. The molecule has 7 nitrogen and oxygen atoms in total. The van der Waals surface area contributed by atoms with Gasteiger partial charge in [0.1, 0.15) is 6.04 Å². The van der Waals surface area contributed by atoms with E-state index in [1.54, 1.807) is 24.9 Å². The Labute approximate surface area is 145 Å². The van der Waals surface area contributed by atoms with Crippen molar-refractivity contribution in [3.63, 3.8) is 0 Å². The molecule has 0 saturated carbocycles. The summed E-state index contributed by atoms with van der Waals surface area (Å²) >= 11 is 0. The second kappa shape index (κ2) is 6.72. The number of carbonyl (C=O) groups excluding carboxylic acids is 1. The van der Waals surface area contributed by atoms with Gasteiger partial charge in [-0.2, -0.15) is 0 Å². The minimum Gasteiger partial charge on any atom is -0.375 e. The monoisotopic (exact) mass is 334 g/mol. The Balaban J connectivity index is 1.58. The van der Waals surface area contributed by atoms with E-state index in [1.807, 2.05) is 35.2 Å². The predicted molar refractivity (Wildman–Crippen MR) is 92.8 cm³/mol. The number of hydrogen-bond acceptors (Lipinski definition) is 5. The number of fused-ring (bicyclic) bond motifs is 1. The van der Waals surface area contributed by atoms with Crippen molar-refractivity contribution in [1.29, 1.82) is 0 Å². The lowest BCUT2D eigenvalue weighted by molar-refractivity contribution is -0.131. The Morgan fingerprint density at radius 2 is 2.20 bits per heavy atom. The number of amides is 1. The zero-order valence-electron chi connectivity index (χ0n) is 13.6. The average molecular weight is 334 g/mol. The molecule has 0 saturated heterocycles. The number of carbonyl (C=O) groups is 1. The van der Waals surface area contributed by atoms with Crippen molar-refractivity contribution in [2.75, 3.05) is 18.4 Å². The first kappa shape index (κ1) is 15.3. The molecule has 1 aliphatic rings. The minimum atomic E-state index is -0.264. The van der Waals surface area contributed by atoms with E-state index in [9.17, 15) is 4.79 Å². The minimum absolute atomic E-state index is 0.00755. The first-order valence-corrected chi connectivity index (χ1v) is 8.19. The normalized spacial score (nSPS) is 16.3. The number of rotatable bonds is 4. The van der Waals surface area contributed by atoms with Gasteiger partial charge in [-0.05, 0) is 24.3 Å². The van der Waals surface area contributed by atoms with E-state index in [1.165, 1.54) is 0 Å². The molecular formula is C18H18N6O. The van der Waals surface area contributed by atoms with Gasteiger partial charge in [0.05, 0.1) is 29.9 Å². The van der Waals surface area contributed by atoms with Gasteiger partial charge in [-0.3, -0.25) is 14.8 Å². The second-order valence-electron chi connectivity index (χ2n) is 5.86. The highest BCUT2D eigenvalue weighted by molar-refractivity contribution is 5.82. The van der Waals surface area contributed by atoms with Gasteiger partial charge in [-0.15, -0.1) is 0 Å². The number of nitrogens with zero attached hydrogens (tertiary/aromatic N) is 4. The number of pyridine rings is 2. The van der Waals surface area contributed by atoms with E-state index in [0.717, 1.165) is 29.2 Å². The van der Waals surface area contributed by atoms with Gasteiger partial charge < -0.3 is 15.2 Å². The van der Waals surface area contributed by atoms with Crippen molar-refractivity contribution in [3.05, 3.63) is 72.3 Å². The molecule has 0 aromatic carbocycles. The van der Waals surface area contributed by atoms with Crippen LogP contribution in [0.2, 0.25) is 0 Å². The summed E-state index contributed by atoms with van der Waals surface area (Å²) in [6.07, 6.45) is 7.59. The van der Waals surface area contributed by atoms with Crippen LogP contribution in [0.3, 0.4) is 0 Å².